The molecule has 0 spiro atoms. The summed E-state index contributed by atoms with van der Waals surface area (Å²) in [5.74, 6) is 2.41. The van der Waals surface area contributed by atoms with Crippen LogP contribution in [0.1, 0.15) is 48.8 Å². The largest absolute Gasteiger partial charge is 0.573 e. The van der Waals surface area contributed by atoms with Gasteiger partial charge in [0, 0.05) is 31.2 Å². The van der Waals surface area contributed by atoms with E-state index in [4.69, 9.17) is 0 Å². The molecule has 214 valence electrons. The van der Waals surface area contributed by atoms with Gasteiger partial charge in [-0.1, -0.05) is 48.5 Å². The van der Waals surface area contributed by atoms with Crippen molar-refractivity contribution in [1.29, 1.82) is 5.26 Å². The van der Waals surface area contributed by atoms with Crippen molar-refractivity contribution < 1.29 is 17.9 Å². The third-order valence-corrected chi connectivity index (χ3v) is 8.96. The lowest BCUT2D eigenvalue weighted by Crippen LogP contribution is -2.59. The number of halogens is 3. The van der Waals surface area contributed by atoms with Gasteiger partial charge in [-0.15, -0.1) is 13.2 Å². The van der Waals surface area contributed by atoms with E-state index in [9.17, 15) is 18.4 Å². The van der Waals surface area contributed by atoms with Gasteiger partial charge >= 0.3 is 6.36 Å². The second kappa shape index (κ2) is 11.2. The molecule has 0 amide bonds. The standard InChI is InChI=1S/C31H33F3N6O/c32-31(33,34)41-26-9-5-4-8-22(26)17-37-29-38-18-25(15-35)28(40-29)39-19-30-12-21-10-23(13-30)27(24(11-21)14-30)36-16-20-6-2-1-3-7-20/h1-9,18,21,23-24,27,36H,10-14,16-17,19H2,(H2,37,38,39,40)/t21?,23-,24+,27?,30?. The maximum atomic E-state index is 12.8. The Balaban J connectivity index is 1.10. The van der Waals surface area contributed by atoms with Gasteiger partial charge in [-0.2, -0.15) is 10.2 Å². The third kappa shape index (κ3) is 6.25. The molecule has 7 nitrogen and oxygen atoms in total. The molecule has 10 heteroatoms. The zero-order chi connectivity index (χ0) is 28.5. The van der Waals surface area contributed by atoms with E-state index >= 15 is 0 Å². The molecule has 7 rings (SSSR count). The van der Waals surface area contributed by atoms with E-state index in [0.29, 0.717) is 34.8 Å². The molecular formula is C31H33F3N6O. The SMILES string of the molecule is N#Cc1cnc(NCc2ccccc2OC(F)(F)F)nc1NCC12CC3C[C@H](C1)C(NCc1ccccc1)[C@@H](C3)C2. The second-order valence-corrected chi connectivity index (χ2v) is 11.8. The molecule has 2 aromatic carbocycles. The summed E-state index contributed by atoms with van der Waals surface area (Å²) in [7, 11) is 0. The number of ether oxygens (including phenoxy) is 1. The lowest BCUT2D eigenvalue weighted by Gasteiger charge is -2.60. The van der Waals surface area contributed by atoms with Crippen molar-refractivity contribution in [3.8, 4) is 11.8 Å². The van der Waals surface area contributed by atoms with Gasteiger partial charge < -0.3 is 20.7 Å². The first-order chi connectivity index (χ1) is 19.8. The van der Waals surface area contributed by atoms with Crippen LogP contribution in [0.5, 0.6) is 5.75 Å². The summed E-state index contributed by atoms with van der Waals surface area (Å²) in [6, 6.07) is 19.2. The minimum Gasteiger partial charge on any atom is -0.405 e. The first kappa shape index (κ1) is 27.3. The molecule has 0 aliphatic heterocycles. The number of aromatic nitrogens is 2. The predicted molar refractivity (Wildman–Crippen MR) is 149 cm³/mol. The lowest BCUT2D eigenvalue weighted by atomic mass is 9.48. The summed E-state index contributed by atoms with van der Waals surface area (Å²) >= 11 is 0. The van der Waals surface area contributed by atoms with Crippen molar-refractivity contribution in [1.82, 2.24) is 15.3 Å². The van der Waals surface area contributed by atoms with Crippen LogP contribution in [-0.2, 0) is 13.1 Å². The highest BCUT2D eigenvalue weighted by Gasteiger charge is 2.55. The Morgan fingerprint density at radius 2 is 1.68 bits per heavy atom. The van der Waals surface area contributed by atoms with Crippen LogP contribution in [0.3, 0.4) is 0 Å². The molecule has 0 saturated heterocycles. The number of nitriles is 1. The maximum Gasteiger partial charge on any atom is 0.573 e. The molecule has 3 unspecified atom stereocenters. The van der Waals surface area contributed by atoms with E-state index in [1.807, 2.05) is 6.07 Å². The molecule has 1 aromatic heterocycles. The Kier molecular flexibility index (Phi) is 7.47. The van der Waals surface area contributed by atoms with Gasteiger partial charge in [0.05, 0.1) is 6.20 Å². The summed E-state index contributed by atoms with van der Waals surface area (Å²) in [5, 5.41) is 20.0. The smallest absolute Gasteiger partial charge is 0.405 e. The monoisotopic (exact) mass is 562 g/mol. The zero-order valence-corrected chi connectivity index (χ0v) is 22.6. The number of anilines is 2. The Morgan fingerprint density at radius 3 is 2.41 bits per heavy atom. The summed E-state index contributed by atoms with van der Waals surface area (Å²) in [4.78, 5) is 8.73. The Morgan fingerprint density at radius 1 is 0.951 bits per heavy atom. The second-order valence-electron chi connectivity index (χ2n) is 11.8. The average molecular weight is 563 g/mol. The van der Waals surface area contributed by atoms with Crippen molar-refractivity contribution in [2.45, 2.75) is 57.6 Å². The number of alkyl halides is 3. The first-order valence-electron chi connectivity index (χ1n) is 14.1. The molecule has 5 atom stereocenters. The quantitative estimate of drug-likeness (QED) is 0.269. The van der Waals surface area contributed by atoms with Gasteiger partial charge in [0.2, 0.25) is 5.95 Å². The summed E-state index contributed by atoms with van der Waals surface area (Å²) in [6.07, 6.45) is 2.68. The van der Waals surface area contributed by atoms with Crippen molar-refractivity contribution in [3.63, 3.8) is 0 Å². The molecule has 41 heavy (non-hydrogen) atoms. The predicted octanol–water partition coefficient (Wildman–Crippen LogP) is 6.26. The number of rotatable bonds is 10. The highest BCUT2D eigenvalue weighted by molar-refractivity contribution is 5.53. The van der Waals surface area contributed by atoms with Crippen LogP contribution in [0.2, 0.25) is 0 Å². The minimum absolute atomic E-state index is 0.0317. The van der Waals surface area contributed by atoms with Crippen molar-refractivity contribution in [3.05, 3.63) is 77.5 Å². The van der Waals surface area contributed by atoms with Crippen molar-refractivity contribution in [2.75, 3.05) is 17.2 Å². The minimum atomic E-state index is -4.78. The number of para-hydroxylation sites is 1. The van der Waals surface area contributed by atoms with Crippen LogP contribution in [0.25, 0.3) is 0 Å². The molecule has 4 bridgehead atoms. The van der Waals surface area contributed by atoms with E-state index in [2.05, 4.69) is 61.0 Å². The fourth-order valence-corrected chi connectivity index (χ4v) is 7.58. The van der Waals surface area contributed by atoms with Gasteiger partial charge in [-0.05, 0) is 66.9 Å². The molecule has 3 N–H and O–H groups in total. The van der Waals surface area contributed by atoms with Gasteiger partial charge in [-0.25, -0.2) is 4.98 Å². The topological polar surface area (TPSA) is 94.9 Å². The van der Waals surface area contributed by atoms with Gasteiger partial charge in [-0.3, -0.25) is 0 Å². The van der Waals surface area contributed by atoms with Crippen LogP contribution in [0, 0.1) is 34.5 Å². The van der Waals surface area contributed by atoms with Gasteiger partial charge in [0.1, 0.15) is 23.2 Å². The zero-order valence-electron chi connectivity index (χ0n) is 22.6. The molecule has 4 aliphatic carbocycles. The molecule has 4 aliphatic rings. The molecule has 4 saturated carbocycles. The highest BCUT2D eigenvalue weighted by atomic mass is 19.4. The third-order valence-electron chi connectivity index (χ3n) is 8.96. The van der Waals surface area contributed by atoms with E-state index in [0.717, 1.165) is 31.8 Å². The van der Waals surface area contributed by atoms with Crippen molar-refractivity contribution >= 4 is 11.8 Å². The molecular weight excluding hydrogens is 529 g/mol. The van der Waals surface area contributed by atoms with Crippen LogP contribution < -0.4 is 20.7 Å². The average Bonchev–Trinajstić information content (AvgIpc) is 2.95. The van der Waals surface area contributed by atoms with Crippen LogP contribution in [0.4, 0.5) is 24.9 Å². The van der Waals surface area contributed by atoms with E-state index < -0.39 is 6.36 Å². The van der Waals surface area contributed by atoms with E-state index in [1.165, 1.54) is 43.2 Å². The lowest BCUT2D eigenvalue weighted by molar-refractivity contribution is -0.274. The molecule has 4 fully saturated rings. The summed E-state index contributed by atoms with van der Waals surface area (Å²) in [5.41, 5.74) is 2.13. The maximum absolute atomic E-state index is 12.8. The molecule has 0 radical (unpaired) electrons. The summed E-state index contributed by atoms with van der Waals surface area (Å²) in [6.45, 7) is 1.66. The van der Waals surface area contributed by atoms with Gasteiger partial charge in [0.25, 0.3) is 0 Å². The number of nitrogens with one attached hydrogen (secondary N) is 3. The molecule has 3 aromatic rings. The summed E-state index contributed by atoms with van der Waals surface area (Å²) < 4.78 is 42.5. The van der Waals surface area contributed by atoms with Crippen LogP contribution in [0.15, 0.2) is 60.8 Å². The molecule has 1 heterocycles. The Hall–Kier alpha value is -3.84. The highest BCUT2D eigenvalue weighted by Crippen LogP contribution is 2.60. The van der Waals surface area contributed by atoms with Crippen LogP contribution in [-0.4, -0.2) is 28.9 Å². The van der Waals surface area contributed by atoms with Crippen molar-refractivity contribution in [2.24, 2.45) is 23.2 Å². The van der Waals surface area contributed by atoms with Gasteiger partial charge in [0.15, 0.2) is 0 Å². The number of nitrogens with zero attached hydrogens (tertiary/aromatic N) is 3. The van der Waals surface area contributed by atoms with Crippen LogP contribution >= 0.6 is 0 Å². The Labute approximate surface area is 237 Å². The number of hydrogen-bond acceptors (Lipinski definition) is 7. The number of hydrogen-bond donors (Lipinski definition) is 3. The van der Waals surface area contributed by atoms with E-state index in [-0.39, 0.29) is 23.7 Å². The first-order valence-corrected chi connectivity index (χ1v) is 14.1. The Bertz CT molecular complexity index is 1390. The van der Waals surface area contributed by atoms with E-state index in [1.54, 1.807) is 12.1 Å². The number of benzene rings is 2. The normalized spacial score (nSPS) is 26.4. The fourth-order valence-electron chi connectivity index (χ4n) is 7.58. The fraction of sp³-hybridized carbons (Fsp3) is 0.452.